The van der Waals surface area contributed by atoms with Crippen molar-refractivity contribution in [3.05, 3.63) is 6.33 Å². The topological polar surface area (TPSA) is 88.1 Å². The Morgan fingerprint density at radius 2 is 2.21 bits per heavy atom. The van der Waals surface area contributed by atoms with Gasteiger partial charge in [-0.25, -0.2) is 4.98 Å². The van der Waals surface area contributed by atoms with Crippen LogP contribution in [0.5, 0.6) is 5.88 Å². The number of aromatic nitrogens is 4. The molecule has 1 aliphatic rings. The zero-order valence-corrected chi connectivity index (χ0v) is 10.3. The van der Waals surface area contributed by atoms with Crippen LogP contribution in [0.4, 0.5) is 5.95 Å². The Bertz CT molecular complexity index is 583. The van der Waals surface area contributed by atoms with Gasteiger partial charge in [0.2, 0.25) is 11.8 Å². The van der Waals surface area contributed by atoms with Gasteiger partial charge in [-0.15, -0.1) is 0 Å². The monoisotopic (exact) mass is 265 g/mol. The summed E-state index contributed by atoms with van der Waals surface area (Å²) in [6.07, 6.45) is 3.89. The molecule has 7 nitrogen and oxygen atoms in total. The molecule has 2 atom stereocenters. The minimum atomic E-state index is -0.0380. The highest BCUT2D eigenvalue weighted by Crippen LogP contribution is 2.31. The number of nitrogens with zero attached hydrogens (tertiary/aromatic N) is 4. The fourth-order valence-electron chi connectivity index (χ4n) is 2.25. The second-order valence-electron chi connectivity index (χ2n) is 4.39. The third-order valence-corrected chi connectivity index (χ3v) is 3.12. The van der Waals surface area contributed by atoms with Crippen molar-refractivity contribution in [3.63, 3.8) is 0 Å². The first kappa shape index (κ1) is 13.5. The Morgan fingerprint density at radius 1 is 1.42 bits per heavy atom. The average molecular weight is 265 g/mol. The van der Waals surface area contributed by atoms with E-state index in [1.165, 1.54) is 7.11 Å². The van der Waals surface area contributed by atoms with Crippen LogP contribution in [0.3, 0.4) is 0 Å². The van der Waals surface area contributed by atoms with Crippen molar-refractivity contribution < 1.29 is 9.47 Å². The van der Waals surface area contributed by atoms with Crippen LogP contribution < -0.4 is 10.5 Å². The van der Waals surface area contributed by atoms with Crippen molar-refractivity contribution in [3.8, 4) is 5.88 Å². The van der Waals surface area contributed by atoms with E-state index in [9.17, 15) is 0 Å². The minimum absolute atomic E-state index is 0. The summed E-state index contributed by atoms with van der Waals surface area (Å²) in [6, 6.07) is 0. The molecule has 104 valence electrons. The summed E-state index contributed by atoms with van der Waals surface area (Å²) in [6.45, 7) is 2.06. The Balaban J connectivity index is 0.00000133. The highest BCUT2D eigenvalue weighted by molar-refractivity contribution is 5.77. The highest BCUT2D eigenvalue weighted by Gasteiger charge is 2.26. The largest absolute Gasteiger partial charge is 0.479 e. The molecule has 1 aliphatic heterocycles. The van der Waals surface area contributed by atoms with Gasteiger partial charge in [-0.3, -0.25) is 4.57 Å². The molecular formula is C12H19N5O2. The number of ether oxygens (including phenoxy) is 2. The average Bonchev–Trinajstić information content (AvgIpc) is 2.93. The molecule has 0 spiro atoms. The third kappa shape index (κ3) is 2.21. The van der Waals surface area contributed by atoms with Gasteiger partial charge in [0.1, 0.15) is 6.23 Å². The van der Waals surface area contributed by atoms with Crippen LogP contribution in [0, 0.1) is 0 Å². The van der Waals surface area contributed by atoms with Crippen LogP contribution in [-0.4, -0.2) is 32.7 Å². The molecule has 0 bridgehead atoms. The number of hydrogen-bond donors (Lipinski definition) is 1. The summed E-state index contributed by atoms with van der Waals surface area (Å²) in [5, 5.41) is 0. The van der Waals surface area contributed by atoms with Crippen molar-refractivity contribution in [2.45, 2.75) is 39.5 Å². The van der Waals surface area contributed by atoms with Gasteiger partial charge in [0, 0.05) is 0 Å². The summed E-state index contributed by atoms with van der Waals surface area (Å²) in [5.41, 5.74) is 6.93. The molecule has 2 unspecified atom stereocenters. The van der Waals surface area contributed by atoms with Crippen molar-refractivity contribution in [1.82, 2.24) is 19.5 Å². The van der Waals surface area contributed by atoms with Crippen molar-refractivity contribution in [1.29, 1.82) is 0 Å². The molecule has 0 amide bonds. The molecule has 19 heavy (non-hydrogen) atoms. The molecule has 3 heterocycles. The van der Waals surface area contributed by atoms with E-state index < -0.39 is 0 Å². The second kappa shape index (κ2) is 5.00. The molecule has 2 aromatic rings. The summed E-state index contributed by atoms with van der Waals surface area (Å²) in [5.74, 6) is 0.564. The third-order valence-electron chi connectivity index (χ3n) is 3.12. The predicted octanol–water partition coefficient (Wildman–Crippen LogP) is 1.75. The zero-order valence-electron chi connectivity index (χ0n) is 10.3. The van der Waals surface area contributed by atoms with Gasteiger partial charge in [-0.05, 0) is 19.8 Å². The normalized spacial score (nSPS) is 22.4. The maximum absolute atomic E-state index is 5.81. The molecule has 0 aromatic carbocycles. The lowest BCUT2D eigenvalue weighted by Gasteiger charge is -2.13. The maximum atomic E-state index is 5.81. The van der Waals surface area contributed by atoms with Gasteiger partial charge in [0.25, 0.3) is 0 Å². The predicted molar refractivity (Wildman–Crippen MR) is 71.8 cm³/mol. The quantitative estimate of drug-likeness (QED) is 0.890. The zero-order chi connectivity index (χ0) is 12.7. The fraction of sp³-hybridized carbons (Fsp3) is 0.583. The first-order chi connectivity index (χ1) is 8.69. The van der Waals surface area contributed by atoms with E-state index in [-0.39, 0.29) is 25.7 Å². The van der Waals surface area contributed by atoms with Gasteiger partial charge in [-0.1, -0.05) is 7.43 Å². The number of rotatable bonds is 2. The summed E-state index contributed by atoms with van der Waals surface area (Å²) < 4.78 is 12.9. The van der Waals surface area contributed by atoms with Gasteiger partial charge >= 0.3 is 0 Å². The van der Waals surface area contributed by atoms with E-state index in [0.29, 0.717) is 17.0 Å². The van der Waals surface area contributed by atoms with Crippen LogP contribution >= 0.6 is 0 Å². The fourth-order valence-corrected chi connectivity index (χ4v) is 2.25. The van der Waals surface area contributed by atoms with Gasteiger partial charge in [0.05, 0.1) is 19.5 Å². The Kier molecular flexibility index (Phi) is 3.57. The van der Waals surface area contributed by atoms with Crippen molar-refractivity contribution >= 4 is 17.1 Å². The molecule has 1 fully saturated rings. The van der Waals surface area contributed by atoms with Gasteiger partial charge in [-0.2, -0.15) is 9.97 Å². The van der Waals surface area contributed by atoms with Crippen LogP contribution in [0.1, 0.15) is 33.4 Å². The van der Waals surface area contributed by atoms with E-state index in [4.69, 9.17) is 15.2 Å². The Labute approximate surface area is 111 Å². The van der Waals surface area contributed by atoms with E-state index in [1.807, 2.05) is 4.57 Å². The van der Waals surface area contributed by atoms with Crippen LogP contribution in [0.15, 0.2) is 6.33 Å². The number of nitrogens with two attached hydrogens (primary N) is 1. The number of hydrogen-bond acceptors (Lipinski definition) is 6. The van der Waals surface area contributed by atoms with Crippen LogP contribution in [0.25, 0.3) is 11.2 Å². The second-order valence-corrected chi connectivity index (χ2v) is 4.39. The highest BCUT2D eigenvalue weighted by atomic mass is 16.5. The standard InChI is InChI=1S/C11H15N5O2.CH4/c1-6-3-4-7(18-6)16-5-13-8-9(16)14-11(12)15-10(8)17-2;/h5-7H,3-4H2,1-2H3,(H2,12,14,15);1H4. The van der Waals surface area contributed by atoms with Crippen LogP contribution in [-0.2, 0) is 4.74 Å². The van der Waals surface area contributed by atoms with Gasteiger partial charge in [0.15, 0.2) is 11.2 Å². The molecule has 0 aliphatic carbocycles. The molecule has 0 radical (unpaired) electrons. The maximum Gasteiger partial charge on any atom is 0.246 e. The lowest BCUT2D eigenvalue weighted by Crippen LogP contribution is -2.09. The van der Waals surface area contributed by atoms with Crippen molar-refractivity contribution in [2.75, 3.05) is 12.8 Å². The number of imidazole rings is 1. The molecule has 0 saturated carbocycles. The number of fused-ring (bicyclic) bond motifs is 1. The first-order valence-corrected chi connectivity index (χ1v) is 5.88. The van der Waals surface area contributed by atoms with E-state index in [2.05, 4.69) is 21.9 Å². The first-order valence-electron chi connectivity index (χ1n) is 5.88. The molecule has 2 aromatic heterocycles. The lowest BCUT2D eigenvalue weighted by atomic mass is 10.2. The molecular weight excluding hydrogens is 246 g/mol. The van der Waals surface area contributed by atoms with Crippen LogP contribution in [0.2, 0.25) is 0 Å². The molecule has 2 N–H and O–H groups in total. The van der Waals surface area contributed by atoms with Gasteiger partial charge < -0.3 is 15.2 Å². The summed E-state index contributed by atoms with van der Waals surface area (Å²) in [4.78, 5) is 12.5. The smallest absolute Gasteiger partial charge is 0.246 e. The molecule has 7 heteroatoms. The van der Waals surface area contributed by atoms with E-state index in [0.717, 1.165) is 12.8 Å². The summed E-state index contributed by atoms with van der Waals surface area (Å²) >= 11 is 0. The SMILES string of the molecule is C.COc1nc(N)nc2c1ncn2C1CCC(C)O1. The van der Waals surface area contributed by atoms with E-state index in [1.54, 1.807) is 6.33 Å². The Morgan fingerprint density at radius 3 is 2.84 bits per heavy atom. The number of anilines is 1. The minimum Gasteiger partial charge on any atom is -0.479 e. The lowest BCUT2D eigenvalue weighted by molar-refractivity contribution is 0.0132. The number of methoxy groups -OCH3 is 1. The Hall–Kier alpha value is -1.89. The van der Waals surface area contributed by atoms with E-state index >= 15 is 0 Å². The number of nitrogen functional groups attached to an aromatic ring is 1. The molecule has 3 rings (SSSR count). The van der Waals surface area contributed by atoms with Crippen molar-refractivity contribution in [2.24, 2.45) is 0 Å². The molecule has 1 saturated heterocycles. The summed E-state index contributed by atoms with van der Waals surface area (Å²) in [7, 11) is 1.54.